The van der Waals surface area contributed by atoms with Crippen LogP contribution in [0.2, 0.25) is 0 Å². The SMILES string of the molecule is COc1c(F)cc(C=NNc2nc(-c3ccccc3)c(C#N)c(=O)[nH]2)cc1Br. The average molecular weight is 442 g/mol. The molecule has 0 aliphatic carbocycles. The predicted molar refractivity (Wildman–Crippen MR) is 107 cm³/mol. The van der Waals surface area contributed by atoms with Gasteiger partial charge in [-0.1, -0.05) is 30.3 Å². The number of nitrogens with zero attached hydrogens (tertiary/aromatic N) is 3. The lowest BCUT2D eigenvalue weighted by Crippen LogP contribution is -2.16. The van der Waals surface area contributed by atoms with E-state index in [1.54, 1.807) is 30.3 Å². The molecule has 0 aliphatic heterocycles. The molecule has 2 N–H and O–H groups in total. The summed E-state index contributed by atoms with van der Waals surface area (Å²) in [6, 6.07) is 13.6. The van der Waals surface area contributed by atoms with Crippen LogP contribution in [0.4, 0.5) is 10.3 Å². The minimum Gasteiger partial charge on any atom is -0.492 e. The van der Waals surface area contributed by atoms with Gasteiger partial charge in [0.1, 0.15) is 11.6 Å². The number of benzene rings is 2. The summed E-state index contributed by atoms with van der Waals surface area (Å²) in [6.07, 6.45) is 1.35. The molecule has 0 spiro atoms. The van der Waals surface area contributed by atoms with Gasteiger partial charge in [-0.15, -0.1) is 0 Å². The Kier molecular flexibility index (Phi) is 5.81. The summed E-state index contributed by atoms with van der Waals surface area (Å²) < 4.78 is 19.3. The van der Waals surface area contributed by atoms with Crippen molar-refractivity contribution in [3.05, 3.63) is 74.2 Å². The maximum atomic E-state index is 13.9. The number of halogens is 2. The Bertz CT molecular complexity index is 1120. The number of hydrogen-bond acceptors (Lipinski definition) is 6. The Hall–Kier alpha value is -3.51. The van der Waals surface area contributed by atoms with Crippen molar-refractivity contribution < 1.29 is 9.13 Å². The third-order valence-electron chi connectivity index (χ3n) is 3.69. The van der Waals surface area contributed by atoms with Crippen molar-refractivity contribution in [2.24, 2.45) is 5.10 Å². The number of hydrogen-bond donors (Lipinski definition) is 2. The lowest BCUT2D eigenvalue weighted by molar-refractivity contribution is 0.384. The molecule has 2 aromatic carbocycles. The summed E-state index contributed by atoms with van der Waals surface area (Å²) in [4.78, 5) is 18.9. The molecule has 3 aromatic rings. The van der Waals surface area contributed by atoms with E-state index in [2.05, 4.69) is 36.4 Å². The van der Waals surface area contributed by atoms with E-state index in [0.717, 1.165) is 0 Å². The highest BCUT2D eigenvalue weighted by molar-refractivity contribution is 9.10. The fourth-order valence-corrected chi connectivity index (χ4v) is 3.07. The first-order chi connectivity index (χ1) is 13.5. The van der Waals surface area contributed by atoms with Crippen molar-refractivity contribution in [1.29, 1.82) is 5.26 Å². The Morgan fingerprint density at radius 3 is 2.75 bits per heavy atom. The number of nitriles is 1. The van der Waals surface area contributed by atoms with E-state index in [4.69, 9.17) is 4.74 Å². The van der Waals surface area contributed by atoms with Crippen LogP contribution in [0, 0.1) is 17.1 Å². The van der Waals surface area contributed by atoms with Gasteiger partial charge < -0.3 is 4.74 Å². The first-order valence-corrected chi connectivity index (χ1v) is 8.74. The molecule has 0 saturated heterocycles. The fraction of sp³-hybridized carbons (Fsp3) is 0.0526. The van der Waals surface area contributed by atoms with Crippen molar-refractivity contribution in [3.8, 4) is 23.1 Å². The number of nitrogens with one attached hydrogen (secondary N) is 2. The van der Waals surface area contributed by atoms with Crippen LogP contribution >= 0.6 is 15.9 Å². The summed E-state index contributed by atoms with van der Waals surface area (Å²) in [7, 11) is 1.37. The largest absolute Gasteiger partial charge is 0.492 e. The van der Waals surface area contributed by atoms with Crippen LogP contribution in [0.3, 0.4) is 0 Å². The summed E-state index contributed by atoms with van der Waals surface area (Å²) in [5.41, 5.74) is 3.22. The smallest absolute Gasteiger partial charge is 0.270 e. The maximum absolute atomic E-state index is 13.9. The second-order valence-electron chi connectivity index (χ2n) is 5.50. The van der Waals surface area contributed by atoms with E-state index >= 15 is 0 Å². The van der Waals surface area contributed by atoms with Gasteiger partial charge in [-0.2, -0.15) is 10.4 Å². The molecule has 1 heterocycles. The molecular formula is C19H13BrFN5O2. The molecule has 0 saturated carbocycles. The third kappa shape index (κ3) is 4.07. The second-order valence-corrected chi connectivity index (χ2v) is 6.36. The second kappa shape index (κ2) is 8.45. The van der Waals surface area contributed by atoms with Crippen molar-refractivity contribution in [2.75, 3.05) is 12.5 Å². The van der Waals surface area contributed by atoms with Crippen LogP contribution in [0.1, 0.15) is 11.1 Å². The molecule has 3 rings (SSSR count). The molecule has 0 amide bonds. The zero-order valence-electron chi connectivity index (χ0n) is 14.5. The summed E-state index contributed by atoms with van der Waals surface area (Å²) in [6.45, 7) is 0. The van der Waals surface area contributed by atoms with Crippen molar-refractivity contribution in [2.45, 2.75) is 0 Å². The molecule has 7 nitrogen and oxygen atoms in total. The Balaban J connectivity index is 1.90. The number of anilines is 1. The van der Waals surface area contributed by atoms with Crippen LogP contribution in [0.5, 0.6) is 5.75 Å². The zero-order valence-corrected chi connectivity index (χ0v) is 16.1. The molecule has 9 heteroatoms. The molecular weight excluding hydrogens is 429 g/mol. The van der Waals surface area contributed by atoms with Crippen molar-refractivity contribution in [3.63, 3.8) is 0 Å². The van der Waals surface area contributed by atoms with E-state index < -0.39 is 11.4 Å². The monoisotopic (exact) mass is 441 g/mol. The maximum Gasteiger partial charge on any atom is 0.270 e. The molecule has 140 valence electrons. The van der Waals surface area contributed by atoms with Gasteiger partial charge in [-0.3, -0.25) is 9.78 Å². The lowest BCUT2D eigenvalue weighted by atomic mass is 10.1. The number of methoxy groups -OCH3 is 1. The van der Waals surface area contributed by atoms with Crippen LogP contribution in [0.15, 0.2) is 56.8 Å². The Morgan fingerprint density at radius 2 is 2.11 bits per heavy atom. The van der Waals surface area contributed by atoms with E-state index in [9.17, 15) is 14.4 Å². The van der Waals surface area contributed by atoms with Crippen LogP contribution in [-0.4, -0.2) is 23.3 Å². The number of ether oxygens (including phenoxy) is 1. The highest BCUT2D eigenvalue weighted by Gasteiger charge is 2.13. The van der Waals surface area contributed by atoms with Gasteiger partial charge in [0.2, 0.25) is 5.95 Å². The van der Waals surface area contributed by atoms with Gasteiger partial charge in [-0.05, 0) is 33.6 Å². The van der Waals surface area contributed by atoms with Gasteiger partial charge in [0.05, 0.1) is 23.5 Å². The predicted octanol–water partition coefficient (Wildman–Crippen LogP) is 3.66. The topological polar surface area (TPSA) is 103 Å². The van der Waals surface area contributed by atoms with Gasteiger partial charge in [0, 0.05) is 5.56 Å². The van der Waals surface area contributed by atoms with Crippen LogP contribution in [-0.2, 0) is 0 Å². The zero-order chi connectivity index (χ0) is 20.1. The van der Waals surface area contributed by atoms with E-state index in [-0.39, 0.29) is 23.0 Å². The van der Waals surface area contributed by atoms with Crippen molar-refractivity contribution in [1.82, 2.24) is 9.97 Å². The molecule has 28 heavy (non-hydrogen) atoms. The molecule has 1 aromatic heterocycles. The quantitative estimate of drug-likeness (QED) is 0.464. The Labute approximate surface area is 167 Å². The fourth-order valence-electron chi connectivity index (χ4n) is 2.45. The molecule has 0 aliphatic rings. The van der Waals surface area contributed by atoms with Crippen molar-refractivity contribution >= 4 is 28.1 Å². The molecule has 0 radical (unpaired) electrons. The van der Waals surface area contributed by atoms with E-state index in [1.807, 2.05) is 12.1 Å². The normalized spacial score (nSPS) is 10.6. The standard InChI is InChI=1S/C19H13BrFN5O2/c1-28-17-14(20)7-11(8-15(17)21)10-23-26-19-24-16(12-5-3-2-4-6-12)13(9-22)18(27)25-19/h2-8,10H,1H3,(H2,24,25,26,27). The summed E-state index contributed by atoms with van der Waals surface area (Å²) >= 11 is 3.22. The Morgan fingerprint density at radius 1 is 1.36 bits per heavy atom. The number of rotatable bonds is 5. The van der Waals surface area contributed by atoms with Crippen LogP contribution in [0.25, 0.3) is 11.3 Å². The summed E-state index contributed by atoms with van der Waals surface area (Å²) in [5.74, 6) is -0.405. The van der Waals surface area contributed by atoms with Gasteiger partial charge in [0.15, 0.2) is 11.6 Å². The van der Waals surface area contributed by atoms with E-state index in [0.29, 0.717) is 15.6 Å². The number of hydrazone groups is 1. The van der Waals surface area contributed by atoms with Gasteiger partial charge in [-0.25, -0.2) is 14.8 Å². The van der Waals surface area contributed by atoms with Crippen LogP contribution < -0.4 is 15.7 Å². The highest BCUT2D eigenvalue weighted by Crippen LogP contribution is 2.28. The van der Waals surface area contributed by atoms with Gasteiger partial charge in [0.25, 0.3) is 5.56 Å². The molecule has 0 bridgehead atoms. The molecule has 0 fully saturated rings. The van der Waals surface area contributed by atoms with Gasteiger partial charge >= 0.3 is 0 Å². The molecule has 0 unspecified atom stereocenters. The first-order valence-electron chi connectivity index (χ1n) is 7.95. The average Bonchev–Trinajstić information content (AvgIpc) is 2.68. The number of aromatic nitrogens is 2. The number of aromatic amines is 1. The molecule has 0 atom stereocenters. The van der Waals surface area contributed by atoms with E-state index in [1.165, 1.54) is 19.4 Å². The minimum absolute atomic E-state index is 0.0483. The first kappa shape index (κ1) is 19.3. The number of H-pyrrole nitrogens is 1. The summed E-state index contributed by atoms with van der Waals surface area (Å²) in [5, 5.41) is 13.2. The highest BCUT2D eigenvalue weighted by atomic mass is 79.9. The third-order valence-corrected chi connectivity index (χ3v) is 4.28. The minimum atomic E-state index is -0.590. The lowest BCUT2D eigenvalue weighted by Gasteiger charge is -2.07.